The average molecular weight is 375 g/mol. The van der Waals surface area contributed by atoms with Crippen LogP contribution in [0.1, 0.15) is 43.2 Å². The summed E-state index contributed by atoms with van der Waals surface area (Å²) in [6, 6.07) is 9.86. The Balaban J connectivity index is 1.51. The Kier molecular flexibility index (Phi) is 4.67. The molecule has 1 spiro atoms. The lowest BCUT2D eigenvalue weighted by atomic mass is 9.98. The fraction of sp³-hybridized carbons (Fsp3) is 0.318. The molecule has 0 atom stereocenters. The molecule has 27 heavy (non-hydrogen) atoms. The molecule has 2 fully saturated rings. The summed E-state index contributed by atoms with van der Waals surface area (Å²) in [5, 5.41) is 13.2. The molecule has 0 unspecified atom stereocenters. The van der Waals surface area contributed by atoms with Crippen LogP contribution in [0.3, 0.4) is 0 Å². The maximum absolute atomic E-state index is 12.9. The van der Waals surface area contributed by atoms with Gasteiger partial charge < -0.3 is 5.32 Å². The summed E-state index contributed by atoms with van der Waals surface area (Å²) < 4.78 is 0. The highest BCUT2D eigenvalue weighted by atomic mass is 32.1. The molecule has 0 bridgehead atoms. The zero-order valence-electron chi connectivity index (χ0n) is 15.1. The Bertz CT molecular complexity index is 929. The minimum absolute atomic E-state index is 0.117. The van der Waals surface area contributed by atoms with E-state index in [1.165, 1.54) is 0 Å². The van der Waals surface area contributed by atoms with Gasteiger partial charge in [-0.2, -0.15) is 5.26 Å². The summed E-state index contributed by atoms with van der Waals surface area (Å²) in [4.78, 5) is 14.7. The predicted molar refractivity (Wildman–Crippen MR) is 110 cm³/mol. The van der Waals surface area contributed by atoms with Gasteiger partial charge in [0.2, 0.25) is 0 Å². The minimum Gasteiger partial charge on any atom is -0.348 e. The van der Waals surface area contributed by atoms with Crippen LogP contribution in [0.15, 0.2) is 54.1 Å². The molecule has 3 aliphatic rings. The summed E-state index contributed by atoms with van der Waals surface area (Å²) in [6.45, 7) is 0.490. The van der Waals surface area contributed by atoms with Gasteiger partial charge in [0.05, 0.1) is 18.2 Å². The van der Waals surface area contributed by atoms with Crippen molar-refractivity contribution in [2.75, 3.05) is 6.54 Å². The van der Waals surface area contributed by atoms with Crippen LogP contribution in [0.2, 0.25) is 0 Å². The lowest BCUT2D eigenvalue weighted by molar-refractivity contribution is -0.130. The lowest BCUT2D eigenvalue weighted by Crippen LogP contribution is -2.44. The first-order chi connectivity index (χ1) is 13.1. The zero-order valence-corrected chi connectivity index (χ0v) is 15.9. The first-order valence-corrected chi connectivity index (χ1v) is 9.75. The van der Waals surface area contributed by atoms with Crippen LogP contribution in [-0.4, -0.2) is 28.0 Å². The first kappa shape index (κ1) is 17.7. The van der Waals surface area contributed by atoms with Crippen LogP contribution in [0, 0.1) is 11.3 Å². The summed E-state index contributed by atoms with van der Waals surface area (Å²) in [6.07, 6.45) is 12.9. The smallest absolute Gasteiger partial charge is 0.254 e. The lowest BCUT2D eigenvalue weighted by Gasteiger charge is -2.20. The Hall–Kier alpha value is -2.71. The molecule has 1 amide bonds. The predicted octanol–water partition coefficient (Wildman–Crippen LogP) is 3.86. The largest absolute Gasteiger partial charge is 0.348 e. The molecule has 1 saturated heterocycles. The Morgan fingerprint density at radius 2 is 1.96 bits per heavy atom. The summed E-state index contributed by atoms with van der Waals surface area (Å²) >= 11 is 5.46. The van der Waals surface area contributed by atoms with E-state index in [9.17, 15) is 10.1 Å². The van der Waals surface area contributed by atoms with E-state index in [1.54, 1.807) is 4.90 Å². The Labute approximate surface area is 164 Å². The van der Waals surface area contributed by atoms with Gasteiger partial charge in [-0.15, -0.1) is 0 Å². The van der Waals surface area contributed by atoms with Crippen molar-refractivity contribution in [1.29, 1.82) is 5.26 Å². The molecule has 4 rings (SSSR count). The van der Waals surface area contributed by atoms with E-state index in [-0.39, 0.29) is 5.91 Å². The maximum Gasteiger partial charge on any atom is 0.254 e. The van der Waals surface area contributed by atoms with Crippen LogP contribution in [-0.2, 0) is 4.79 Å². The van der Waals surface area contributed by atoms with Gasteiger partial charge in [0, 0.05) is 0 Å². The Morgan fingerprint density at radius 3 is 2.74 bits per heavy atom. The molecule has 0 aromatic heterocycles. The summed E-state index contributed by atoms with van der Waals surface area (Å²) in [5.41, 5.74) is 3.23. The monoisotopic (exact) mass is 375 g/mol. The molecule has 5 heteroatoms. The second-order valence-electron chi connectivity index (χ2n) is 7.28. The number of nitriles is 1. The van der Waals surface area contributed by atoms with Gasteiger partial charge in [0.25, 0.3) is 5.91 Å². The maximum atomic E-state index is 12.9. The van der Waals surface area contributed by atoms with Crippen molar-refractivity contribution in [3.05, 3.63) is 65.3 Å². The average Bonchev–Trinajstić information content (AvgIpc) is 3.14. The molecule has 1 heterocycles. The topological polar surface area (TPSA) is 56.1 Å². The molecule has 1 saturated carbocycles. The van der Waals surface area contributed by atoms with Crippen molar-refractivity contribution in [1.82, 2.24) is 10.2 Å². The van der Waals surface area contributed by atoms with Gasteiger partial charge in [-0.25, -0.2) is 0 Å². The van der Waals surface area contributed by atoms with Crippen LogP contribution >= 0.6 is 12.2 Å². The van der Waals surface area contributed by atoms with E-state index >= 15 is 0 Å². The van der Waals surface area contributed by atoms with Crippen molar-refractivity contribution in [2.45, 2.75) is 37.6 Å². The van der Waals surface area contributed by atoms with Crippen LogP contribution in [0.5, 0.6) is 0 Å². The second-order valence-corrected chi connectivity index (χ2v) is 7.66. The van der Waals surface area contributed by atoms with Crippen molar-refractivity contribution in [3.8, 4) is 6.07 Å². The first-order valence-electron chi connectivity index (χ1n) is 9.34. The highest BCUT2D eigenvalue weighted by molar-refractivity contribution is 7.80. The zero-order chi connectivity index (χ0) is 18.9. The number of hydrogen-bond donors (Lipinski definition) is 1. The second kappa shape index (κ2) is 7.13. The van der Waals surface area contributed by atoms with Gasteiger partial charge in [-0.1, -0.05) is 55.3 Å². The fourth-order valence-electron chi connectivity index (χ4n) is 4.14. The molecule has 4 nitrogen and oxygen atoms in total. The van der Waals surface area contributed by atoms with E-state index < -0.39 is 5.54 Å². The molecule has 1 aromatic rings. The minimum atomic E-state index is -0.457. The third kappa shape index (κ3) is 3.22. The molecule has 136 valence electrons. The van der Waals surface area contributed by atoms with Gasteiger partial charge in [-0.05, 0) is 54.3 Å². The number of hydrogen-bond acceptors (Lipinski definition) is 3. The Morgan fingerprint density at radius 1 is 1.19 bits per heavy atom. The van der Waals surface area contributed by atoms with E-state index in [0.29, 0.717) is 17.2 Å². The molecule has 0 radical (unpaired) electrons. The number of rotatable bonds is 3. The van der Waals surface area contributed by atoms with E-state index in [2.05, 4.69) is 23.5 Å². The van der Waals surface area contributed by atoms with Gasteiger partial charge in [-0.3, -0.25) is 9.69 Å². The van der Waals surface area contributed by atoms with Crippen molar-refractivity contribution < 1.29 is 4.79 Å². The van der Waals surface area contributed by atoms with E-state index in [0.717, 1.165) is 48.8 Å². The number of carbonyl (C=O) groups is 1. The molecule has 2 aliphatic carbocycles. The fourth-order valence-corrected chi connectivity index (χ4v) is 4.48. The van der Waals surface area contributed by atoms with E-state index in [1.807, 2.05) is 36.4 Å². The third-order valence-electron chi connectivity index (χ3n) is 5.60. The number of nitrogens with one attached hydrogen (secondary N) is 1. The normalized spacial score (nSPS) is 20.9. The number of benzene rings is 1. The van der Waals surface area contributed by atoms with Crippen LogP contribution in [0.25, 0.3) is 5.57 Å². The molecule has 1 aliphatic heterocycles. The van der Waals surface area contributed by atoms with E-state index in [4.69, 9.17) is 12.2 Å². The molecular formula is C22H21N3OS. The highest BCUT2D eigenvalue weighted by Crippen LogP contribution is 2.35. The van der Waals surface area contributed by atoms with Crippen molar-refractivity contribution in [3.63, 3.8) is 0 Å². The number of allylic oxidation sites excluding steroid dienone is 4. The standard InChI is InChI=1S/C22H21N3OS/c23-14-18-7-1-2-9-19(18)17-8-5-6-16(10-11-17)15-25-20(26)22(24-21(25)27)12-3-4-13-22/h1-2,6-11H,3-5,12-13,15H2,(H,24,27). The van der Waals surface area contributed by atoms with Gasteiger partial charge in [0.1, 0.15) is 5.54 Å². The van der Waals surface area contributed by atoms with Crippen molar-refractivity contribution in [2.24, 2.45) is 0 Å². The van der Waals surface area contributed by atoms with Gasteiger partial charge >= 0.3 is 0 Å². The number of thiocarbonyl (C=S) groups is 1. The SMILES string of the molecule is N#Cc1ccccc1C1=CCC=C(CN2C(=O)C3(CCCC3)NC2=S)C=C1. The van der Waals surface area contributed by atoms with Gasteiger partial charge in [0.15, 0.2) is 5.11 Å². The molecular weight excluding hydrogens is 354 g/mol. The highest BCUT2D eigenvalue weighted by Gasteiger charge is 2.50. The quantitative estimate of drug-likeness (QED) is 0.815. The number of amides is 1. The number of carbonyl (C=O) groups excluding carboxylic acids is 1. The van der Waals surface area contributed by atoms with Crippen LogP contribution < -0.4 is 5.32 Å². The summed E-state index contributed by atoms with van der Waals surface area (Å²) in [5.74, 6) is 0.117. The van der Waals surface area contributed by atoms with Crippen molar-refractivity contribution >= 4 is 28.8 Å². The summed E-state index contributed by atoms with van der Waals surface area (Å²) in [7, 11) is 0. The number of nitrogens with zero attached hydrogens (tertiary/aromatic N) is 2. The van der Waals surface area contributed by atoms with Crippen LogP contribution in [0.4, 0.5) is 0 Å². The molecule has 1 N–H and O–H groups in total. The third-order valence-corrected chi connectivity index (χ3v) is 5.92. The molecule has 1 aromatic carbocycles.